The molecule has 1 aromatic heterocycles. The Labute approximate surface area is 147 Å². The van der Waals surface area contributed by atoms with Crippen LogP contribution in [0.4, 0.5) is 0 Å². The minimum Gasteiger partial charge on any atom is -0.385 e. The second kappa shape index (κ2) is 10.2. The van der Waals surface area contributed by atoms with E-state index < -0.39 is 0 Å². The van der Waals surface area contributed by atoms with E-state index in [4.69, 9.17) is 4.74 Å². The summed E-state index contributed by atoms with van der Waals surface area (Å²) in [7, 11) is 1.61. The van der Waals surface area contributed by atoms with Crippen LogP contribution in [0.2, 0.25) is 0 Å². The lowest BCUT2D eigenvalue weighted by molar-refractivity contribution is 0.0943. The maximum atomic E-state index is 12.2. The molecule has 2 amide bonds. The molecule has 1 heterocycles. The van der Waals surface area contributed by atoms with E-state index in [1.807, 2.05) is 30.3 Å². The summed E-state index contributed by atoms with van der Waals surface area (Å²) in [5, 5.41) is 5.61. The van der Waals surface area contributed by atoms with Crippen LogP contribution in [0.25, 0.3) is 0 Å². The van der Waals surface area contributed by atoms with Crippen molar-refractivity contribution < 1.29 is 14.3 Å². The van der Waals surface area contributed by atoms with E-state index in [1.165, 1.54) is 12.3 Å². The van der Waals surface area contributed by atoms with E-state index >= 15 is 0 Å². The number of carbonyl (C=O) groups is 2. The van der Waals surface area contributed by atoms with Crippen LogP contribution in [0.1, 0.15) is 32.8 Å². The molecule has 1 aromatic carbocycles. The second-order valence-corrected chi connectivity index (χ2v) is 5.52. The lowest BCUT2D eigenvalue weighted by atomic mass is 10.1. The molecular formula is C19H23N3O3. The molecular weight excluding hydrogens is 318 g/mol. The smallest absolute Gasteiger partial charge is 0.269 e. The van der Waals surface area contributed by atoms with Crippen molar-refractivity contribution in [2.24, 2.45) is 0 Å². The number of hydrogen-bond acceptors (Lipinski definition) is 4. The highest BCUT2D eigenvalue weighted by molar-refractivity contribution is 5.98. The van der Waals surface area contributed by atoms with Gasteiger partial charge in [-0.05, 0) is 30.5 Å². The molecule has 132 valence electrons. The molecule has 0 aliphatic carbocycles. The van der Waals surface area contributed by atoms with Gasteiger partial charge < -0.3 is 15.4 Å². The number of pyridine rings is 1. The lowest BCUT2D eigenvalue weighted by Gasteiger charge is -2.07. The van der Waals surface area contributed by atoms with Gasteiger partial charge in [0.1, 0.15) is 5.69 Å². The fourth-order valence-electron chi connectivity index (χ4n) is 2.27. The van der Waals surface area contributed by atoms with Crippen LogP contribution in [0.5, 0.6) is 0 Å². The number of nitrogens with zero attached hydrogens (tertiary/aromatic N) is 1. The van der Waals surface area contributed by atoms with Crippen molar-refractivity contribution in [2.75, 3.05) is 26.8 Å². The molecule has 0 saturated heterocycles. The molecule has 0 unspecified atom stereocenters. The van der Waals surface area contributed by atoms with Gasteiger partial charge in [0, 0.05) is 38.6 Å². The Morgan fingerprint density at radius 3 is 2.56 bits per heavy atom. The summed E-state index contributed by atoms with van der Waals surface area (Å²) >= 11 is 0. The van der Waals surface area contributed by atoms with Crippen molar-refractivity contribution in [1.29, 1.82) is 0 Å². The van der Waals surface area contributed by atoms with E-state index in [0.717, 1.165) is 18.4 Å². The molecule has 25 heavy (non-hydrogen) atoms. The van der Waals surface area contributed by atoms with Gasteiger partial charge in [-0.3, -0.25) is 14.6 Å². The first-order valence-electron chi connectivity index (χ1n) is 8.26. The van der Waals surface area contributed by atoms with Gasteiger partial charge >= 0.3 is 0 Å². The summed E-state index contributed by atoms with van der Waals surface area (Å²) in [5.74, 6) is -0.512. The quantitative estimate of drug-likeness (QED) is 0.682. The predicted molar refractivity (Wildman–Crippen MR) is 95.5 cm³/mol. The van der Waals surface area contributed by atoms with Gasteiger partial charge in [0.25, 0.3) is 11.8 Å². The summed E-state index contributed by atoms with van der Waals surface area (Å²) in [6, 6.07) is 13.0. The van der Waals surface area contributed by atoms with Crippen LogP contribution in [0.3, 0.4) is 0 Å². The predicted octanol–water partition coefficient (Wildman–Crippen LogP) is 1.82. The van der Waals surface area contributed by atoms with Gasteiger partial charge in [0.15, 0.2) is 0 Å². The lowest BCUT2D eigenvalue weighted by Crippen LogP contribution is -2.28. The minimum absolute atomic E-state index is 0.216. The van der Waals surface area contributed by atoms with Crippen molar-refractivity contribution >= 4 is 11.8 Å². The summed E-state index contributed by atoms with van der Waals surface area (Å²) < 4.78 is 4.93. The fraction of sp³-hybridized carbons (Fsp3) is 0.316. The van der Waals surface area contributed by atoms with Gasteiger partial charge in [0.05, 0.1) is 0 Å². The van der Waals surface area contributed by atoms with Crippen LogP contribution < -0.4 is 10.6 Å². The number of nitrogens with one attached hydrogen (secondary N) is 2. The molecule has 6 heteroatoms. The molecule has 0 spiro atoms. The monoisotopic (exact) mass is 341 g/mol. The zero-order valence-electron chi connectivity index (χ0n) is 14.3. The molecule has 0 fully saturated rings. The van der Waals surface area contributed by atoms with Crippen molar-refractivity contribution in [3.63, 3.8) is 0 Å². The maximum Gasteiger partial charge on any atom is 0.269 e. The number of aromatic nitrogens is 1. The minimum atomic E-state index is -0.296. The van der Waals surface area contributed by atoms with Gasteiger partial charge in [0.2, 0.25) is 0 Å². The zero-order valence-corrected chi connectivity index (χ0v) is 14.3. The molecule has 6 nitrogen and oxygen atoms in total. The third-order valence-electron chi connectivity index (χ3n) is 3.61. The van der Waals surface area contributed by atoms with E-state index in [-0.39, 0.29) is 17.5 Å². The third-order valence-corrected chi connectivity index (χ3v) is 3.61. The Hall–Kier alpha value is -2.73. The summed E-state index contributed by atoms with van der Waals surface area (Å²) in [5.41, 5.74) is 1.81. The Morgan fingerprint density at radius 2 is 1.80 bits per heavy atom. The maximum absolute atomic E-state index is 12.2. The average Bonchev–Trinajstić information content (AvgIpc) is 2.66. The van der Waals surface area contributed by atoms with Gasteiger partial charge in [-0.15, -0.1) is 0 Å². The van der Waals surface area contributed by atoms with Crippen LogP contribution >= 0.6 is 0 Å². The number of ether oxygens (including phenoxy) is 1. The molecule has 2 aromatic rings. The largest absolute Gasteiger partial charge is 0.385 e. The number of amides is 2. The van der Waals surface area contributed by atoms with Gasteiger partial charge in [-0.1, -0.05) is 30.3 Å². The Kier molecular flexibility index (Phi) is 7.59. The number of methoxy groups -OCH3 is 1. The average molecular weight is 341 g/mol. The SMILES string of the molecule is COCCCNC(=O)c1cc(C(=O)NCCc2ccccc2)ccn1. The highest BCUT2D eigenvalue weighted by atomic mass is 16.5. The summed E-state index contributed by atoms with van der Waals surface area (Å²) in [6.07, 6.45) is 2.95. The Bertz CT molecular complexity index is 689. The van der Waals surface area contributed by atoms with E-state index in [9.17, 15) is 9.59 Å². The van der Waals surface area contributed by atoms with Crippen LogP contribution in [0.15, 0.2) is 48.7 Å². The first-order chi connectivity index (χ1) is 12.2. The van der Waals surface area contributed by atoms with E-state index in [2.05, 4.69) is 15.6 Å². The number of rotatable bonds is 9. The van der Waals surface area contributed by atoms with Crippen molar-refractivity contribution in [3.8, 4) is 0 Å². The summed E-state index contributed by atoms with van der Waals surface area (Å²) in [4.78, 5) is 28.3. The first kappa shape index (κ1) is 18.6. The van der Waals surface area contributed by atoms with E-state index in [1.54, 1.807) is 13.2 Å². The zero-order chi connectivity index (χ0) is 17.9. The topological polar surface area (TPSA) is 80.3 Å². The fourth-order valence-corrected chi connectivity index (χ4v) is 2.27. The molecule has 0 bridgehead atoms. The second-order valence-electron chi connectivity index (χ2n) is 5.52. The molecule has 0 saturated carbocycles. The van der Waals surface area contributed by atoms with Crippen molar-refractivity contribution in [2.45, 2.75) is 12.8 Å². The first-order valence-corrected chi connectivity index (χ1v) is 8.26. The highest BCUT2D eigenvalue weighted by Crippen LogP contribution is 2.03. The van der Waals surface area contributed by atoms with Gasteiger partial charge in [-0.25, -0.2) is 0 Å². The number of benzene rings is 1. The van der Waals surface area contributed by atoms with Crippen LogP contribution in [-0.2, 0) is 11.2 Å². The van der Waals surface area contributed by atoms with Crippen molar-refractivity contribution in [3.05, 3.63) is 65.5 Å². The Balaban J connectivity index is 1.84. The summed E-state index contributed by atoms with van der Waals surface area (Å²) in [6.45, 7) is 1.61. The standard InChI is InChI=1S/C19H23N3O3/c1-25-13-5-10-21-19(24)17-14-16(9-12-20-17)18(23)22-11-8-15-6-3-2-4-7-15/h2-4,6-7,9,12,14H,5,8,10-11,13H2,1H3,(H,21,24)(H,22,23). The van der Waals surface area contributed by atoms with Gasteiger partial charge in [-0.2, -0.15) is 0 Å². The normalized spacial score (nSPS) is 10.3. The van der Waals surface area contributed by atoms with E-state index in [0.29, 0.717) is 25.3 Å². The van der Waals surface area contributed by atoms with Crippen molar-refractivity contribution in [1.82, 2.24) is 15.6 Å². The third kappa shape index (κ3) is 6.35. The van der Waals surface area contributed by atoms with Crippen LogP contribution in [-0.4, -0.2) is 43.6 Å². The molecule has 0 aliphatic rings. The molecule has 0 radical (unpaired) electrons. The van der Waals surface area contributed by atoms with Crippen LogP contribution in [0, 0.1) is 0 Å². The number of hydrogen-bond donors (Lipinski definition) is 2. The Morgan fingerprint density at radius 1 is 1.04 bits per heavy atom. The number of carbonyl (C=O) groups excluding carboxylic acids is 2. The molecule has 2 N–H and O–H groups in total. The highest BCUT2D eigenvalue weighted by Gasteiger charge is 2.11. The molecule has 0 aliphatic heterocycles. The molecule has 2 rings (SSSR count). The molecule has 0 atom stereocenters.